The van der Waals surface area contributed by atoms with Crippen molar-refractivity contribution in [2.45, 2.75) is 78.1 Å². The van der Waals surface area contributed by atoms with Crippen molar-refractivity contribution in [1.29, 1.82) is 0 Å². The van der Waals surface area contributed by atoms with Crippen LogP contribution >= 0.6 is 0 Å². The van der Waals surface area contributed by atoms with Crippen LogP contribution in [0.2, 0.25) is 0 Å². The molecule has 5 rings (SSSR count). The van der Waals surface area contributed by atoms with Gasteiger partial charge in [0.2, 0.25) is 0 Å². The van der Waals surface area contributed by atoms with Crippen molar-refractivity contribution in [2.75, 3.05) is 0 Å². The van der Waals surface area contributed by atoms with E-state index in [4.69, 9.17) is 0 Å². The molecule has 0 radical (unpaired) electrons. The van der Waals surface area contributed by atoms with Crippen LogP contribution in [0.25, 0.3) is 11.1 Å². The van der Waals surface area contributed by atoms with E-state index in [1.807, 2.05) is 0 Å². The molecule has 0 aromatic heterocycles. The van der Waals surface area contributed by atoms with E-state index >= 15 is 0 Å². The van der Waals surface area contributed by atoms with Crippen molar-refractivity contribution < 1.29 is 0 Å². The van der Waals surface area contributed by atoms with E-state index in [0.29, 0.717) is 10.8 Å². The first-order chi connectivity index (χ1) is 12.3. The maximum atomic E-state index is 2.58. The molecule has 0 N–H and O–H groups in total. The van der Waals surface area contributed by atoms with Gasteiger partial charge in [0, 0.05) is 10.8 Å². The van der Waals surface area contributed by atoms with Gasteiger partial charge < -0.3 is 0 Å². The highest BCUT2D eigenvalue weighted by molar-refractivity contribution is 5.80. The van der Waals surface area contributed by atoms with Crippen LogP contribution in [0.15, 0.2) is 24.3 Å². The predicted octanol–water partition coefficient (Wildman–Crippen LogP) is 6.94. The summed E-state index contributed by atoms with van der Waals surface area (Å²) in [7, 11) is 0. The molecule has 2 aromatic carbocycles. The predicted molar refractivity (Wildman–Crippen MR) is 111 cm³/mol. The third-order valence-electron chi connectivity index (χ3n) is 8.29. The Morgan fingerprint density at radius 1 is 0.577 bits per heavy atom. The average Bonchev–Trinajstić information content (AvgIpc) is 2.99. The zero-order chi connectivity index (χ0) is 18.4. The summed E-state index contributed by atoms with van der Waals surface area (Å²) in [6, 6.07) is 10.2. The molecule has 0 aliphatic heterocycles. The first kappa shape index (κ1) is 16.6. The van der Waals surface area contributed by atoms with Gasteiger partial charge in [-0.05, 0) is 110 Å². The number of benzene rings is 2. The topological polar surface area (TPSA) is 0 Å². The molecule has 0 nitrogen and oxygen atoms in total. The van der Waals surface area contributed by atoms with E-state index in [1.54, 1.807) is 22.3 Å². The fourth-order valence-electron chi connectivity index (χ4n) is 7.30. The van der Waals surface area contributed by atoms with Gasteiger partial charge in [-0.3, -0.25) is 0 Å². The van der Waals surface area contributed by atoms with Crippen LogP contribution in [0.5, 0.6) is 0 Å². The molecular weight excluding hydrogens is 312 g/mol. The highest BCUT2D eigenvalue weighted by atomic mass is 14.7. The molecule has 0 unspecified atom stereocenters. The smallest absolute Gasteiger partial charge is 0.00615 e. The third-order valence-corrected chi connectivity index (χ3v) is 8.29. The number of hydrogen-bond acceptors (Lipinski definition) is 0. The van der Waals surface area contributed by atoms with Crippen molar-refractivity contribution in [3.8, 4) is 11.1 Å². The minimum absolute atomic E-state index is 0.369. The monoisotopic (exact) mass is 344 g/mol. The molecule has 0 saturated heterocycles. The third kappa shape index (κ3) is 1.81. The molecule has 0 atom stereocenters. The normalized spacial score (nSPS) is 34.2. The van der Waals surface area contributed by atoms with E-state index in [0.717, 1.165) is 11.8 Å². The SMILES string of the molecule is Cc1cc2c(cc1C)C13CC(C)CC1(CC(C)C3)c1cc(C)c(C)cc1-2. The molecule has 26 heavy (non-hydrogen) atoms. The highest BCUT2D eigenvalue weighted by Crippen LogP contribution is 2.71. The lowest BCUT2D eigenvalue weighted by atomic mass is 9.55. The summed E-state index contributed by atoms with van der Waals surface area (Å²) in [5, 5.41) is 0. The molecule has 136 valence electrons. The number of aryl methyl sites for hydroxylation is 4. The Balaban J connectivity index is 1.94. The molecule has 0 heteroatoms. The van der Waals surface area contributed by atoms with Crippen molar-refractivity contribution in [3.05, 3.63) is 57.6 Å². The molecule has 2 fully saturated rings. The summed E-state index contributed by atoms with van der Waals surface area (Å²) < 4.78 is 0. The number of rotatable bonds is 0. The van der Waals surface area contributed by atoms with Crippen LogP contribution in [0, 0.1) is 39.5 Å². The van der Waals surface area contributed by atoms with E-state index in [1.165, 1.54) is 47.9 Å². The average molecular weight is 345 g/mol. The van der Waals surface area contributed by atoms with Crippen LogP contribution in [0.4, 0.5) is 0 Å². The minimum Gasteiger partial charge on any atom is -0.0624 e. The van der Waals surface area contributed by atoms with Gasteiger partial charge in [0.25, 0.3) is 0 Å². The summed E-state index contributed by atoms with van der Waals surface area (Å²) >= 11 is 0. The Hall–Kier alpha value is -1.56. The molecule has 0 spiro atoms. The van der Waals surface area contributed by atoms with E-state index in [9.17, 15) is 0 Å². The molecule has 2 aromatic rings. The lowest BCUT2D eigenvalue weighted by Crippen LogP contribution is -2.43. The maximum absolute atomic E-state index is 2.58. The first-order valence-electron chi connectivity index (χ1n) is 10.5. The maximum Gasteiger partial charge on any atom is 0.00615 e. The standard InChI is InChI=1S/C26H32/c1-15-11-25-13-16(2)14-26(25,12-15)24-10-20(6)18(4)8-22(24)21-7-17(3)19(5)9-23(21)25/h7-10,15-16H,11-14H2,1-6H3. The second-order valence-corrected chi connectivity index (χ2v) is 10.2. The zero-order valence-corrected chi connectivity index (χ0v) is 17.3. The fourth-order valence-corrected chi connectivity index (χ4v) is 7.30. The largest absolute Gasteiger partial charge is 0.0624 e. The second kappa shape index (κ2) is 5.03. The van der Waals surface area contributed by atoms with Gasteiger partial charge in [0.05, 0.1) is 0 Å². The molecule has 0 heterocycles. The van der Waals surface area contributed by atoms with Gasteiger partial charge in [0.15, 0.2) is 0 Å². The van der Waals surface area contributed by atoms with Gasteiger partial charge in [0.1, 0.15) is 0 Å². The lowest BCUT2D eigenvalue weighted by molar-refractivity contribution is 0.298. The van der Waals surface area contributed by atoms with Gasteiger partial charge in [-0.15, -0.1) is 0 Å². The summed E-state index contributed by atoms with van der Waals surface area (Å²) in [6.45, 7) is 14.2. The molecule has 0 amide bonds. The molecule has 0 bridgehead atoms. The molecule has 2 saturated carbocycles. The van der Waals surface area contributed by atoms with Crippen LogP contribution in [0.1, 0.15) is 72.9 Å². The van der Waals surface area contributed by atoms with Crippen LogP contribution in [0.3, 0.4) is 0 Å². The molecule has 3 aliphatic rings. The van der Waals surface area contributed by atoms with Gasteiger partial charge >= 0.3 is 0 Å². The Kier molecular flexibility index (Phi) is 3.21. The summed E-state index contributed by atoms with van der Waals surface area (Å²) in [5.41, 5.74) is 13.0. The molecule has 3 aliphatic carbocycles. The fraction of sp³-hybridized carbons (Fsp3) is 0.538. The lowest BCUT2D eigenvalue weighted by Gasteiger charge is -2.48. The van der Waals surface area contributed by atoms with Crippen molar-refractivity contribution in [3.63, 3.8) is 0 Å². The van der Waals surface area contributed by atoms with Gasteiger partial charge in [-0.1, -0.05) is 38.1 Å². The quantitative estimate of drug-likeness (QED) is 0.486. The van der Waals surface area contributed by atoms with E-state index < -0.39 is 0 Å². The van der Waals surface area contributed by atoms with E-state index in [-0.39, 0.29) is 0 Å². The number of hydrogen-bond donors (Lipinski definition) is 0. The Bertz CT molecular complexity index is 840. The van der Waals surface area contributed by atoms with Gasteiger partial charge in [-0.25, -0.2) is 0 Å². The summed E-state index contributed by atoms with van der Waals surface area (Å²) in [4.78, 5) is 0. The first-order valence-corrected chi connectivity index (χ1v) is 10.5. The summed E-state index contributed by atoms with van der Waals surface area (Å²) in [5.74, 6) is 1.65. The Morgan fingerprint density at radius 2 is 0.885 bits per heavy atom. The number of fused-ring (bicyclic) bond motifs is 3. The van der Waals surface area contributed by atoms with Crippen molar-refractivity contribution in [1.82, 2.24) is 0 Å². The van der Waals surface area contributed by atoms with Crippen LogP contribution in [-0.4, -0.2) is 0 Å². The van der Waals surface area contributed by atoms with Crippen molar-refractivity contribution in [2.24, 2.45) is 11.8 Å². The van der Waals surface area contributed by atoms with Gasteiger partial charge in [-0.2, -0.15) is 0 Å². The van der Waals surface area contributed by atoms with Crippen LogP contribution in [-0.2, 0) is 10.8 Å². The molecular formula is C26H32. The summed E-state index contributed by atoms with van der Waals surface area (Å²) in [6.07, 6.45) is 5.50. The van der Waals surface area contributed by atoms with E-state index in [2.05, 4.69) is 65.8 Å². The highest BCUT2D eigenvalue weighted by Gasteiger charge is 2.65. The second-order valence-electron chi connectivity index (χ2n) is 10.2. The minimum atomic E-state index is 0.369. The Labute approximate surface area is 159 Å². The van der Waals surface area contributed by atoms with Crippen molar-refractivity contribution >= 4 is 0 Å². The Morgan fingerprint density at radius 3 is 1.23 bits per heavy atom. The van der Waals surface area contributed by atoms with Crippen LogP contribution < -0.4 is 0 Å². The zero-order valence-electron chi connectivity index (χ0n) is 17.3.